The maximum Gasteiger partial charge on any atom is 0.314 e. The second-order valence-electron chi connectivity index (χ2n) is 5.54. The van der Waals surface area contributed by atoms with Gasteiger partial charge in [0.15, 0.2) is 0 Å². The lowest BCUT2D eigenvalue weighted by Crippen LogP contribution is -2.36. The summed E-state index contributed by atoms with van der Waals surface area (Å²) < 4.78 is 2.20. The fourth-order valence-electron chi connectivity index (χ4n) is 2.56. The fraction of sp³-hybridized carbons (Fsp3) is 0.529. The van der Waals surface area contributed by atoms with E-state index in [1.54, 1.807) is 0 Å². The third-order valence-electron chi connectivity index (χ3n) is 3.76. The summed E-state index contributed by atoms with van der Waals surface area (Å²) in [7, 11) is 0. The number of carbonyl (C=O) groups excluding carboxylic acids is 1. The van der Waals surface area contributed by atoms with E-state index in [-0.39, 0.29) is 6.03 Å². The summed E-state index contributed by atoms with van der Waals surface area (Å²) in [6.45, 7) is 6.47. The van der Waals surface area contributed by atoms with Gasteiger partial charge >= 0.3 is 6.03 Å². The zero-order valence-corrected chi connectivity index (χ0v) is 13.6. The Hall–Kier alpha value is -2.04. The highest BCUT2D eigenvalue weighted by molar-refractivity contribution is 5.75. The number of benzene rings is 1. The van der Waals surface area contributed by atoms with Gasteiger partial charge in [-0.25, -0.2) is 9.78 Å². The Balaban J connectivity index is 1.72. The van der Waals surface area contributed by atoms with Crippen LogP contribution in [0.4, 0.5) is 4.79 Å². The van der Waals surface area contributed by atoms with E-state index in [9.17, 15) is 4.79 Å². The number of nitrogens with one attached hydrogen (secondary N) is 2. The van der Waals surface area contributed by atoms with Crippen molar-refractivity contribution in [2.24, 2.45) is 0 Å². The predicted molar refractivity (Wildman–Crippen MR) is 90.0 cm³/mol. The number of amides is 2. The van der Waals surface area contributed by atoms with Gasteiger partial charge in [0.1, 0.15) is 5.82 Å². The molecule has 0 saturated heterocycles. The Morgan fingerprint density at radius 3 is 2.64 bits per heavy atom. The smallest absolute Gasteiger partial charge is 0.314 e. The van der Waals surface area contributed by atoms with E-state index in [4.69, 9.17) is 0 Å². The van der Waals surface area contributed by atoms with Crippen LogP contribution in [0.3, 0.4) is 0 Å². The number of hydrogen-bond donors (Lipinski definition) is 2. The van der Waals surface area contributed by atoms with E-state index in [1.807, 2.05) is 25.1 Å². The van der Waals surface area contributed by atoms with E-state index in [2.05, 4.69) is 33.2 Å². The normalized spacial score (nSPS) is 10.8. The number of carbonyl (C=O) groups is 1. The highest BCUT2D eigenvalue weighted by Gasteiger charge is 2.06. The van der Waals surface area contributed by atoms with E-state index < -0.39 is 0 Å². The van der Waals surface area contributed by atoms with Crippen LogP contribution < -0.4 is 10.6 Å². The van der Waals surface area contributed by atoms with Crippen LogP contribution >= 0.6 is 0 Å². The van der Waals surface area contributed by atoms with Gasteiger partial charge in [-0.1, -0.05) is 31.9 Å². The Labute approximate surface area is 132 Å². The lowest BCUT2D eigenvalue weighted by atomic mass is 10.2. The minimum atomic E-state index is -0.0664. The lowest BCUT2D eigenvalue weighted by molar-refractivity contribution is 0.240. The van der Waals surface area contributed by atoms with Crippen LogP contribution in [0, 0.1) is 6.92 Å². The minimum absolute atomic E-state index is 0.0664. The molecule has 2 rings (SSSR count). The average Bonchev–Trinajstić information content (AvgIpc) is 2.84. The van der Waals surface area contributed by atoms with E-state index >= 15 is 0 Å². The van der Waals surface area contributed by atoms with Crippen molar-refractivity contribution in [2.75, 3.05) is 13.1 Å². The molecule has 5 heteroatoms. The first kappa shape index (κ1) is 16.3. The quantitative estimate of drug-likeness (QED) is 0.736. The minimum Gasteiger partial charge on any atom is -0.338 e. The number of imidazole rings is 1. The molecule has 2 aromatic rings. The molecule has 2 N–H and O–H groups in total. The average molecular weight is 302 g/mol. The van der Waals surface area contributed by atoms with Crippen LogP contribution in [0.25, 0.3) is 11.0 Å². The van der Waals surface area contributed by atoms with Gasteiger partial charge in [-0.15, -0.1) is 0 Å². The maximum atomic E-state index is 11.6. The summed E-state index contributed by atoms with van der Waals surface area (Å²) in [5.74, 6) is 1.02. The Kier molecular flexibility index (Phi) is 6.25. The van der Waals surface area contributed by atoms with Crippen LogP contribution in [-0.2, 0) is 6.54 Å². The molecule has 0 bridgehead atoms. The predicted octanol–water partition coefficient (Wildman–Crippen LogP) is 3.22. The molecule has 0 fully saturated rings. The van der Waals surface area contributed by atoms with Gasteiger partial charge in [-0.3, -0.25) is 0 Å². The van der Waals surface area contributed by atoms with E-state index in [0.717, 1.165) is 49.2 Å². The van der Waals surface area contributed by atoms with Crippen molar-refractivity contribution in [1.82, 2.24) is 20.2 Å². The number of urea groups is 1. The van der Waals surface area contributed by atoms with Gasteiger partial charge in [-0.05, 0) is 31.9 Å². The summed E-state index contributed by atoms with van der Waals surface area (Å²) in [6, 6.07) is 8.08. The van der Waals surface area contributed by atoms with Crippen LogP contribution in [0.1, 0.15) is 38.4 Å². The molecule has 0 spiro atoms. The fourth-order valence-corrected chi connectivity index (χ4v) is 2.56. The summed E-state index contributed by atoms with van der Waals surface area (Å²) in [5, 5.41) is 5.79. The molecule has 5 nitrogen and oxygen atoms in total. The van der Waals surface area contributed by atoms with Gasteiger partial charge in [0.2, 0.25) is 0 Å². The number of para-hydroxylation sites is 2. The van der Waals surface area contributed by atoms with Gasteiger partial charge in [-0.2, -0.15) is 0 Å². The monoisotopic (exact) mass is 302 g/mol. The SMILES string of the molecule is CCCCCNC(=O)NCCCn1c(C)nc2ccccc21. The third kappa shape index (κ3) is 4.48. The van der Waals surface area contributed by atoms with Crippen molar-refractivity contribution in [3.8, 4) is 0 Å². The number of hydrogen-bond acceptors (Lipinski definition) is 2. The van der Waals surface area contributed by atoms with Crippen molar-refractivity contribution in [3.63, 3.8) is 0 Å². The highest BCUT2D eigenvalue weighted by atomic mass is 16.2. The van der Waals surface area contributed by atoms with Gasteiger partial charge < -0.3 is 15.2 Å². The number of fused-ring (bicyclic) bond motifs is 1. The Bertz CT molecular complexity index is 606. The van der Waals surface area contributed by atoms with Crippen molar-refractivity contribution < 1.29 is 4.79 Å². The van der Waals surface area contributed by atoms with Crippen molar-refractivity contribution in [3.05, 3.63) is 30.1 Å². The molecule has 0 radical (unpaired) electrons. The first-order chi connectivity index (χ1) is 10.7. The topological polar surface area (TPSA) is 59.0 Å². The zero-order valence-electron chi connectivity index (χ0n) is 13.6. The third-order valence-corrected chi connectivity index (χ3v) is 3.76. The van der Waals surface area contributed by atoms with Gasteiger partial charge in [0.25, 0.3) is 0 Å². The largest absolute Gasteiger partial charge is 0.338 e. The molecule has 1 aromatic carbocycles. The molecule has 120 valence electrons. The van der Waals surface area contributed by atoms with Crippen molar-refractivity contribution in [2.45, 2.75) is 46.1 Å². The van der Waals surface area contributed by atoms with Gasteiger partial charge in [0.05, 0.1) is 11.0 Å². The van der Waals surface area contributed by atoms with Crippen LogP contribution in [0.2, 0.25) is 0 Å². The molecule has 1 heterocycles. The molecule has 2 amide bonds. The summed E-state index contributed by atoms with van der Waals surface area (Å²) in [4.78, 5) is 16.2. The lowest BCUT2D eigenvalue weighted by Gasteiger charge is -2.09. The molecular weight excluding hydrogens is 276 g/mol. The molecule has 0 aliphatic rings. The molecule has 0 saturated carbocycles. The highest BCUT2D eigenvalue weighted by Crippen LogP contribution is 2.15. The van der Waals surface area contributed by atoms with E-state index in [0.29, 0.717) is 6.54 Å². The number of nitrogens with zero attached hydrogens (tertiary/aromatic N) is 2. The first-order valence-corrected chi connectivity index (χ1v) is 8.16. The molecule has 1 aromatic heterocycles. The summed E-state index contributed by atoms with van der Waals surface area (Å²) in [5.41, 5.74) is 2.19. The molecule has 0 unspecified atom stereocenters. The van der Waals surface area contributed by atoms with Crippen molar-refractivity contribution in [1.29, 1.82) is 0 Å². The number of aryl methyl sites for hydroxylation is 2. The number of rotatable bonds is 8. The second-order valence-corrected chi connectivity index (χ2v) is 5.54. The molecule has 22 heavy (non-hydrogen) atoms. The zero-order chi connectivity index (χ0) is 15.8. The van der Waals surface area contributed by atoms with Crippen LogP contribution in [0.5, 0.6) is 0 Å². The number of unbranched alkanes of at least 4 members (excludes halogenated alkanes) is 2. The van der Waals surface area contributed by atoms with Gasteiger partial charge in [0, 0.05) is 19.6 Å². The standard InChI is InChI=1S/C17H26N4O/c1-3-4-7-11-18-17(22)19-12-8-13-21-14(2)20-15-9-5-6-10-16(15)21/h5-6,9-10H,3-4,7-8,11-13H2,1-2H3,(H2,18,19,22). The first-order valence-electron chi connectivity index (χ1n) is 8.16. The summed E-state index contributed by atoms with van der Waals surface area (Å²) >= 11 is 0. The maximum absolute atomic E-state index is 11.6. The molecule has 0 aliphatic heterocycles. The second kappa shape index (κ2) is 8.41. The van der Waals surface area contributed by atoms with Crippen molar-refractivity contribution >= 4 is 17.1 Å². The number of aromatic nitrogens is 2. The molecule has 0 aliphatic carbocycles. The van der Waals surface area contributed by atoms with Crippen LogP contribution in [-0.4, -0.2) is 28.7 Å². The summed E-state index contributed by atoms with van der Waals surface area (Å²) in [6.07, 6.45) is 4.27. The van der Waals surface area contributed by atoms with E-state index in [1.165, 1.54) is 6.42 Å². The Morgan fingerprint density at radius 2 is 1.86 bits per heavy atom. The molecule has 0 atom stereocenters. The molecular formula is C17H26N4O. The van der Waals surface area contributed by atoms with Crippen LogP contribution in [0.15, 0.2) is 24.3 Å². The Morgan fingerprint density at radius 1 is 1.14 bits per heavy atom.